The first kappa shape index (κ1) is 15.4. The van der Waals surface area contributed by atoms with Gasteiger partial charge in [0.25, 0.3) is 0 Å². The van der Waals surface area contributed by atoms with Crippen LogP contribution in [0.15, 0.2) is 0 Å². The van der Waals surface area contributed by atoms with E-state index in [1.165, 1.54) is 0 Å². The minimum atomic E-state index is -0.0543. The Labute approximate surface area is 111 Å². The highest BCUT2D eigenvalue weighted by Crippen LogP contribution is 2.20. The molecule has 0 saturated carbocycles. The fraction of sp³-hybridized carbons (Fsp3) is 0.929. The molecule has 0 aliphatic carbocycles. The molecular formula is C14H28N2O2. The third-order valence-corrected chi connectivity index (χ3v) is 3.73. The van der Waals surface area contributed by atoms with Crippen molar-refractivity contribution in [3.8, 4) is 0 Å². The van der Waals surface area contributed by atoms with Crippen molar-refractivity contribution in [2.24, 2.45) is 11.3 Å². The SMILES string of the molecule is CCCNC1COCC1C(=O)NC(C)C(C)(C)C. The van der Waals surface area contributed by atoms with Crippen LogP contribution < -0.4 is 10.6 Å². The monoisotopic (exact) mass is 256 g/mol. The second kappa shape index (κ2) is 6.53. The second-order valence-electron chi connectivity index (χ2n) is 6.30. The molecule has 2 N–H and O–H groups in total. The van der Waals surface area contributed by atoms with Gasteiger partial charge in [0.05, 0.1) is 19.1 Å². The quantitative estimate of drug-likeness (QED) is 0.785. The number of amides is 1. The number of rotatable bonds is 5. The van der Waals surface area contributed by atoms with Gasteiger partial charge in [-0.05, 0) is 25.3 Å². The maximum absolute atomic E-state index is 12.2. The zero-order valence-corrected chi connectivity index (χ0v) is 12.4. The van der Waals surface area contributed by atoms with Gasteiger partial charge in [-0.1, -0.05) is 27.7 Å². The van der Waals surface area contributed by atoms with Gasteiger partial charge >= 0.3 is 0 Å². The number of hydrogen-bond acceptors (Lipinski definition) is 3. The Balaban J connectivity index is 2.50. The minimum absolute atomic E-state index is 0.0543. The predicted octanol–water partition coefficient (Wildman–Crippen LogP) is 1.55. The van der Waals surface area contributed by atoms with E-state index in [4.69, 9.17) is 4.74 Å². The lowest BCUT2D eigenvalue weighted by atomic mass is 9.87. The molecule has 18 heavy (non-hydrogen) atoms. The van der Waals surface area contributed by atoms with Crippen molar-refractivity contribution in [1.29, 1.82) is 0 Å². The van der Waals surface area contributed by atoms with Gasteiger partial charge in [-0.2, -0.15) is 0 Å². The maximum atomic E-state index is 12.2. The zero-order valence-electron chi connectivity index (χ0n) is 12.4. The van der Waals surface area contributed by atoms with Gasteiger partial charge in [-0.15, -0.1) is 0 Å². The van der Waals surface area contributed by atoms with Gasteiger partial charge in [-0.3, -0.25) is 4.79 Å². The van der Waals surface area contributed by atoms with Crippen LogP contribution in [0.3, 0.4) is 0 Å². The smallest absolute Gasteiger partial charge is 0.227 e. The Kier molecular flexibility index (Phi) is 5.60. The maximum Gasteiger partial charge on any atom is 0.227 e. The summed E-state index contributed by atoms with van der Waals surface area (Å²) >= 11 is 0. The molecule has 106 valence electrons. The van der Waals surface area contributed by atoms with E-state index in [1.807, 2.05) is 0 Å². The van der Waals surface area contributed by atoms with Gasteiger partial charge in [0.1, 0.15) is 0 Å². The molecule has 0 aromatic carbocycles. The molecule has 0 spiro atoms. The fourth-order valence-corrected chi connectivity index (χ4v) is 1.88. The summed E-state index contributed by atoms with van der Waals surface area (Å²) < 4.78 is 5.43. The van der Waals surface area contributed by atoms with Crippen molar-refractivity contribution < 1.29 is 9.53 Å². The summed E-state index contributed by atoms with van der Waals surface area (Å²) in [6.07, 6.45) is 1.07. The molecular weight excluding hydrogens is 228 g/mol. The standard InChI is InChI=1S/C14H28N2O2/c1-6-7-15-12-9-18-8-11(12)13(17)16-10(2)14(3,4)5/h10-12,15H,6-9H2,1-5H3,(H,16,17). The van der Waals surface area contributed by atoms with Crippen LogP contribution in [0, 0.1) is 11.3 Å². The van der Waals surface area contributed by atoms with Gasteiger partial charge in [-0.25, -0.2) is 0 Å². The van der Waals surface area contributed by atoms with Crippen molar-refractivity contribution in [2.45, 2.75) is 53.1 Å². The molecule has 1 saturated heterocycles. The highest BCUT2D eigenvalue weighted by molar-refractivity contribution is 5.80. The average Bonchev–Trinajstić information content (AvgIpc) is 2.72. The Hall–Kier alpha value is -0.610. The molecule has 0 radical (unpaired) electrons. The lowest BCUT2D eigenvalue weighted by Gasteiger charge is -2.30. The van der Waals surface area contributed by atoms with E-state index in [0.29, 0.717) is 13.2 Å². The molecule has 0 aromatic rings. The highest BCUT2D eigenvalue weighted by atomic mass is 16.5. The Morgan fingerprint density at radius 2 is 2.06 bits per heavy atom. The van der Waals surface area contributed by atoms with E-state index in [2.05, 4.69) is 45.3 Å². The van der Waals surface area contributed by atoms with Crippen molar-refractivity contribution in [3.05, 3.63) is 0 Å². The molecule has 1 fully saturated rings. The fourth-order valence-electron chi connectivity index (χ4n) is 1.88. The second-order valence-corrected chi connectivity index (χ2v) is 6.30. The van der Waals surface area contributed by atoms with Crippen LogP contribution in [0.25, 0.3) is 0 Å². The topological polar surface area (TPSA) is 50.4 Å². The first-order chi connectivity index (χ1) is 8.36. The summed E-state index contributed by atoms with van der Waals surface area (Å²) in [6.45, 7) is 12.7. The Bertz CT molecular complexity index is 273. The van der Waals surface area contributed by atoms with Gasteiger partial charge in [0.15, 0.2) is 0 Å². The molecule has 3 unspecified atom stereocenters. The van der Waals surface area contributed by atoms with E-state index < -0.39 is 0 Å². The molecule has 0 aromatic heterocycles. The predicted molar refractivity (Wildman–Crippen MR) is 73.5 cm³/mol. The largest absolute Gasteiger partial charge is 0.379 e. The Morgan fingerprint density at radius 3 is 2.61 bits per heavy atom. The summed E-state index contributed by atoms with van der Waals surface area (Å²) in [4.78, 5) is 12.2. The number of hydrogen-bond donors (Lipinski definition) is 2. The lowest BCUT2D eigenvalue weighted by molar-refractivity contribution is -0.126. The van der Waals surface area contributed by atoms with Crippen LogP contribution in [-0.4, -0.2) is 37.7 Å². The molecule has 4 heteroatoms. The number of ether oxygens (including phenoxy) is 1. The van der Waals surface area contributed by atoms with E-state index in [9.17, 15) is 4.79 Å². The molecule has 1 rings (SSSR count). The van der Waals surface area contributed by atoms with Crippen molar-refractivity contribution in [1.82, 2.24) is 10.6 Å². The van der Waals surface area contributed by atoms with Crippen LogP contribution in [0.4, 0.5) is 0 Å². The van der Waals surface area contributed by atoms with Gasteiger partial charge < -0.3 is 15.4 Å². The summed E-state index contributed by atoms with van der Waals surface area (Å²) in [5.74, 6) is 0.0601. The van der Waals surface area contributed by atoms with E-state index in [0.717, 1.165) is 13.0 Å². The van der Waals surface area contributed by atoms with Crippen molar-refractivity contribution in [3.63, 3.8) is 0 Å². The lowest BCUT2D eigenvalue weighted by Crippen LogP contribution is -2.49. The number of nitrogens with one attached hydrogen (secondary N) is 2. The Morgan fingerprint density at radius 1 is 1.39 bits per heavy atom. The van der Waals surface area contributed by atoms with Crippen LogP contribution in [-0.2, 0) is 9.53 Å². The van der Waals surface area contributed by atoms with E-state index in [-0.39, 0.29) is 29.3 Å². The number of carbonyl (C=O) groups is 1. The molecule has 1 aliphatic heterocycles. The minimum Gasteiger partial charge on any atom is -0.379 e. The van der Waals surface area contributed by atoms with E-state index >= 15 is 0 Å². The first-order valence-corrected chi connectivity index (χ1v) is 6.97. The van der Waals surface area contributed by atoms with Crippen LogP contribution in [0.1, 0.15) is 41.0 Å². The summed E-state index contributed by atoms with van der Waals surface area (Å²) in [5.41, 5.74) is 0.0848. The van der Waals surface area contributed by atoms with Crippen LogP contribution >= 0.6 is 0 Å². The van der Waals surface area contributed by atoms with Crippen LogP contribution in [0.2, 0.25) is 0 Å². The third kappa shape index (κ3) is 4.25. The van der Waals surface area contributed by atoms with E-state index in [1.54, 1.807) is 0 Å². The number of carbonyl (C=O) groups excluding carboxylic acids is 1. The summed E-state index contributed by atoms with van der Waals surface area (Å²) in [6, 6.07) is 0.328. The molecule has 3 atom stereocenters. The summed E-state index contributed by atoms with van der Waals surface area (Å²) in [7, 11) is 0. The normalized spacial score (nSPS) is 26.1. The molecule has 0 bridgehead atoms. The van der Waals surface area contributed by atoms with Gasteiger partial charge in [0, 0.05) is 12.1 Å². The first-order valence-electron chi connectivity index (χ1n) is 6.97. The average molecular weight is 256 g/mol. The summed E-state index contributed by atoms with van der Waals surface area (Å²) in [5, 5.41) is 6.50. The molecule has 4 nitrogen and oxygen atoms in total. The molecule has 1 amide bonds. The molecule has 1 aliphatic rings. The van der Waals surface area contributed by atoms with Crippen LogP contribution in [0.5, 0.6) is 0 Å². The van der Waals surface area contributed by atoms with Gasteiger partial charge in [0.2, 0.25) is 5.91 Å². The molecule has 1 heterocycles. The zero-order chi connectivity index (χ0) is 13.8. The van der Waals surface area contributed by atoms with Crippen molar-refractivity contribution in [2.75, 3.05) is 19.8 Å². The third-order valence-electron chi connectivity index (χ3n) is 3.73. The highest BCUT2D eigenvalue weighted by Gasteiger charge is 2.35. The van der Waals surface area contributed by atoms with Crippen molar-refractivity contribution >= 4 is 5.91 Å².